The van der Waals surface area contributed by atoms with Crippen LogP contribution in [0.25, 0.3) is 0 Å². The molecule has 0 heterocycles. The fourth-order valence-corrected chi connectivity index (χ4v) is 3.51. The smallest absolute Gasteiger partial charge is 0.0318 e. The van der Waals surface area contributed by atoms with Crippen molar-refractivity contribution in [2.24, 2.45) is 0 Å². The molecule has 12 heavy (non-hydrogen) atoms. The molecule has 0 fully saturated rings. The molecule has 0 aromatic rings. The summed E-state index contributed by atoms with van der Waals surface area (Å²) in [5.74, 6) is 0. The van der Waals surface area contributed by atoms with Crippen LogP contribution in [0.1, 0.15) is 12.8 Å². The molecule has 0 amide bonds. The molecular weight excluding hydrogens is 416 g/mol. The topological polar surface area (TPSA) is 0 Å². The van der Waals surface area contributed by atoms with E-state index in [1.165, 1.54) is 29.1 Å². The molecule has 0 saturated heterocycles. The number of halogens is 4. The Morgan fingerprint density at radius 3 is 1.33 bits per heavy atom. The summed E-state index contributed by atoms with van der Waals surface area (Å²) in [6, 6.07) is 0. The molecule has 0 nitrogen and oxygen atoms in total. The predicted molar refractivity (Wildman–Crippen MR) is 66.0 cm³/mol. The van der Waals surface area contributed by atoms with Crippen molar-refractivity contribution in [2.45, 2.75) is 12.8 Å². The van der Waals surface area contributed by atoms with Gasteiger partial charge in [0.2, 0.25) is 0 Å². The van der Waals surface area contributed by atoms with Gasteiger partial charge in [0.15, 0.2) is 0 Å². The molecule has 2 rings (SSSR count). The van der Waals surface area contributed by atoms with Gasteiger partial charge < -0.3 is 0 Å². The van der Waals surface area contributed by atoms with E-state index in [4.69, 9.17) is 0 Å². The third kappa shape index (κ3) is 1.35. The van der Waals surface area contributed by atoms with Crippen LogP contribution in [0, 0.1) is 0 Å². The lowest BCUT2D eigenvalue weighted by Crippen LogP contribution is -1.76. The Kier molecular flexibility index (Phi) is 2.72. The van der Waals surface area contributed by atoms with Gasteiger partial charge in [-0.3, -0.25) is 0 Å². The first kappa shape index (κ1) is 9.69. The van der Waals surface area contributed by atoms with Crippen LogP contribution in [0.2, 0.25) is 0 Å². The summed E-state index contributed by atoms with van der Waals surface area (Å²) < 4.78 is 4.96. The van der Waals surface area contributed by atoms with Crippen LogP contribution in [-0.2, 0) is 0 Å². The third-order valence-corrected chi connectivity index (χ3v) is 6.37. The van der Waals surface area contributed by atoms with Gasteiger partial charge in [0.25, 0.3) is 0 Å². The fourth-order valence-electron chi connectivity index (χ4n) is 1.43. The predicted octanol–water partition coefficient (Wildman–Crippen LogP) is 5.09. The van der Waals surface area contributed by atoms with Crippen molar-refractivity contribution in [2.75, 3.05) is 0 Å². The Morgan fingerprint density at radius 1 is 0.667 bits per heavy atom. The SMILES string of the molecule is BrC1=C(Br)C2=C(C1)C(Br)=C(Br)C2. The largest absolute Gasteiger partial charge is 0.0541 e. The van der Waals surface area contributed by atoms with E-state index in [1.807, 2.05) is 0 Å². The molecule has 2 aliphatic rings. The van der Waals surface area contributed by atoms with Gasteiger partial charge in [-0.1, -0.05) is 31.9 Å². The van der Waals surface area contributed by atoms with Crippen molar-refractivity contribution >= 4 is 63.7 Å². The number of rotatable bonds is 0. The summed E-state index contributed by atoms with van der Waals surface area (Å²) >= 11 is 14.2. The van der Waals surface area contributed by atoms with Crippen molar-refractivity contribution in [1.82, 2.24) is 0 Å². The van der Waals surface area contributed by atoms with E-state index >= 15 is 0 Å². The number of allylic oxidation sites excluding steroid dienone is 6. The second kappa shape index (κ2) is 3.37. The summed E-state index contributed by atoms with van der Waals surface area (Å²) in [4.78, 5) is 0. The number of hydrogen-bond donors (Lipinski definition) is 0. The number of hydrogen-bond acceptors (Lipinski definition) is 0. The average molecular weight is 420 g/mol. The molecule has 0 N–H and O–H groups in total. The minimum absolute atomic E-state index is 1.01. The van der Waals surface area contributed by atoms with Crippen LogP contribution in [0.4, 0.5) is 0 Å². The van der Waals surface area contributed by atoms with Gasteiger partial charge in [-0.15, -0.1) is 0 Å². The minimum Gasteiger partial charge on any atom is -0.0541 e. The van der Waals surface area contributed by atoms with E-state index < -0.39 is 0 Å². The van der Waals surface area contributed by atoms with E-state index in [1.54, 1.807) is 0 Å². The van der Waals surface area contributed by atoms with Gasteiger partial charge in [0.05, 0.1) is 0 Å². The summed E-state index contributed by atoms with van der Waals surface area (Å²) in [5.41, 5.74) is 2.81. The van der Waals surface area contributed by atoms with Crippen LogP contribution in [0.15, 0.2) is 29.1 Å². The zero-order valence-electron chi connectivity index (χ0n) is 5.93. The lowest BCUT2D eigenvalue weighted by Gasteiger charge is -1.98. The maximum Gasteiger partial charge on any atom is 0.0318 e. The van der Waals surface area contributed by atoms with Gasteiger partial charge in [-0.05, 0) is 43.0 Å². The Balaban J connectivity index is 2.42. The van der Waals surface area contributed by atoms with E-state index in [-0.39, 0.29) is 0 Å². The van der Waals surface area contributed by atoms with Gasteiger partial charge >= 0.3 is 0 Å². The second-order valence-electron chi connectivity index (χ2n) is 2.75. The van der Waals surface area contributed by atoms with Crippen LogP contribution in [0.3, 0.4) is 0 Å². The first-order valence-corrected chi connectivity index (χ1v) is 6.59. The first-order chi connectivity index (χ1) is 5.61. The third-order valence-electron chi connectivity index (χ3n) is 2.03. The molecule has 2 aliphatic carbocycles. The molecule has 0 spiro atoms. The van der Waals surface area contributed by atoms with Crippen LogP contribution in [-0.4, -0.2) is 0 Å². The highest BCUT2D eigenvalue weighted by Crippen LogP contribution is 2.52. The molecule has 0 bridgehead atoms. The highest BCUT2D eigenvalue weighted by atomic mass is 79.9. The standard InChI is InChI=1S/C8H4Br4/c9-5-1-3-4(8(5)12)2-6(10)7(3)11/h1-2H2. The normalized spacial score (nSPS) is 23.0. The van der Waals surface area contributed by atoms with E-state index in [0.29, 0.717) is 0 Å². The van der Waals surface area contributed by atoms with Crippen LogP contribution >= 0.6 is 63.7 Å². The lowest BCUT2D eigenvalue weighted by atomic mass is 10.2. The Hall–Kier alpha value is 1.14. The molecule has 0 aromatic carbocycles. The zero-order chi connectivity index (χ0) is 8.88. The molecule has 64 valence electrons. The van der Waals surface area contributed by atoms with Crippen LogP contribution < -0.4 is 0 Å². The molecule has 0 aromatic heterocycles. The van der Waals surface area contributed by atoms with E-state index in [9.17, 15) is 0 Å². The van der Waals surface area contributed by atoms with Crippen LogP contribution in [0.5, 0.6) is 0 Å². The maximum atomic E-state index is 3.57. The summed E-state index contributed by atoms with van der Waals surface area (Å²) in [7, 11) is 0. The van der Waals surface area contributed by atoms with Crippen molar-refractivity contribution in [1.29, 1.82) is 0 Å². The molecule has 0 unspecified atom stereocenters. The molecule has 0 radical (unpaired) electrons. The average Bonchev–Trinajstić information content (AvgIpc) is 2.43. The Bertz CT molecular complexity index is 312. The maximum absolute atomic E-state index is 3.57. The summed E-state index contributed by atoms with van der Waals surface area (Å²) in [6.07, 6.45) is 2.01. The molecule has 4 heteroatoms. The second-order valence-corrected chi connectivity index (χ2v) is 6.25. The van der Waals surface area contributed by atoms with E-state index in [2.05, 4.69) is 63.7 Å². The molecule has 0 aliphatic heterocycles. The van der Waals surface area contributed by atoms with Crippen molar-refractivity contribution in [3.05, 3.63) is 29.1 Å². The molecular formula is C8H4Br4. The lowest BCUT2D eigenvalue weighted by molar-refractivity contribution is 1.28. The molecule has 0 atom stereocenters. The first-order valence-electron chi connectivity index (χ1n) is 3.42. The van der Waals surface area contributed by atoms with Crippen molar-refractivity contribution in [3.8, 4) is 0 Å². The van der Waals surface area contributed by atoms with Crippen molar-refractivity contribution < 1.29 is 0 Å². The van der Waals surface area contributed by atoms with E-state index in [0.717, 1.165) is 12.8 Å². The summed E-state index contributed by atoms with van der Waals surface area (Å²) in [6.45, 7) is 0. The fraction of sp³-hybridized carbons (Fsp3) is 0.250. The quantitative estimate of drug-likeness (QED) is 0.513. The molecule has 0 saturated carbocycles. The van der Waals surface area contributed by atoms with Crippen molar-refractivity contribution in [3.63, 3.8) is 0 Å². The van der Waals surface area contributed by atoms with Gasteiger partial charge in [-0.25, -0.2) is 0 Å². The van der Waals surface area contributed by atoms with Gasteiger partial charge in [0, 0.05) is 30.8 Å². The Morgan fingerprint density at radius 2 is 1.00 bits per heavy atom. The highest BCUT2D eigenvalue weighted by Gasteiger charge is 2.29. The highest BCUT2D eigenvalue weighted by molar-refractivity contribution is 9.14. The minimum atomic E-state index is 1.01. The Labute approximate surface area is 105 Å². The van der Waals surface area contributed by atoms with Gasteiger partial charge in [-0.2, -0.15) is 0 Å². The zero-order valence-corrected chi connectivity index (χ0v) is 12.3. The van der Waals surface area contributed by atoms with Gasteiger partial charge in [0.1, 0.15) is 0 Å². The monoisotopic (exact) mass is 416 g/mol. The summed E-state index contributed by atoms with van der Waals surface area (Å²) in [5, 5.41) is 0.